The Hall–Kier alpha value is -1.70. The van der Waals surface area contributed by atoms with E-state index in [4.69, 9.17) is 0 Å². The number of aromatic hydroxyl groups is 2. The van der Waals surface area contributed by atoms with E-state index in [0.29, 0.717) is 11.5 Å². The Morgan fingerprint density at radius 3 is 2.28 bits per heavy atom. The Balaban J connectivity index is 2.50. The van der Waals surface area contributed by atoms with E-state index in [1.54, 1.807) is 0 Å². The fourth-order valence-corrected chi connectivity index (χ4v) is 4.40. The summed E-state index contributed by atoms with van der Waals surface area (Å²) in [5, 5.41) is 21.6. The van der Waals surface area contributed by atoms with Crippen LogP contribution in [0.1, 0.15) is 77.8 Å². The summed E-state index contributed by atoms with van der Waals surface area (Å²) in [7, 11) is 0. The van der Waals surface area contributed by atoms with Crippen LogP contribution in [0.5, 0.6) is 11.5 Å². The van der Waals surface area contributed by atoms with Crippen LogP contribution in [0.25, 0.3) is 0 Å². The summed E-state index contributed by atoms with van der Waals surface area (Å²) in [4.78, 5) is 0. The molecule has 2 rings (SSSR count). The van der Waals surface area contributed by atoms with E-state index in [-0.39, 0.29) is 28.7 Å². The lowest BCUT2D eigenvalue weighted by Gasteiger charge is -2.33. The normalized spacial score (nSPS) is 21.3. The van der Waals surface area contributed by atoms with Crippen LogP contribution in [0.4, 0.5) is 0 Å². The zero-order chi connectivity index (χ0) is 18.9. The van der Waals surface area contributed by atoms with Gasteiger partial charge in [0.2, 0.25) is 0 Å². The second-order valence-corrected chi connectivity index (χ2v) is 8.94. The molecule has 0 saturated heterocycles. The molecule has 0 aromatic heterocycles. The standard InChI is InChI=1S/C23H34O2/c1-14(2)13-23(6,7)17-11-20(24)22(21(25)12-17)19-10-16(5)8-9-18(19)15(3)4/h10-12,14,18-19,24-25H,3,8-9,13H2,1-2,4-7H3/t18?,19-/m1/s1. The molecule has 2 nitrogen and oxygen atoms in total. The topological polar surface area (TPSA) is 40.5 Å². The van der Waals surface area contributed by atoms with Crippen molar-refractivity contribution >= 4 is 0 Å². The number of benzene rings is 1. The Morgan fingerprint density at radius 2 is 1.80 bits per heavy atom. The van der Waals surface area contributed by atoms with Gasteiger partial charge in [-0.2, -0.15) is 0 Å². The minimum atomic E-state index is -0.0896. The molecule has 2 heteroatoms. The van der Waals surface area contributed by atoms with Crippen molar-refractivity contribution in [2.45, 2.75) is 72.1 Å². The SMILES string of the molecule is C=C(C)C1CCC(C)=C[C@H]1c1c(O)cc(C(C)(C)CC(C)C)cc1O. The van der Waals surface area contributed by atoms with Gasteiger partial charge >= 0.3 is 0 Å². The van der Waals surface area contributed by atoms with E-state index >= 15 is 0 Å². The predicted octanol–water partition coefficient (Wildman–Crippen LogP) is 6.44. The molecule has 0 fully saturated rings. The van der Waals surface area contributed by atoms with Crippen molar-refractivity contribution in [1.29, 1.82) is 0 Å². The van der Waals surface area contributed by atoms with Gasteiger partial charge in [0.15, 0.2) is 0 Å². The van der Waals surface area contributed by atoms with Crippen LogP contribution in [0.2, 0.25) is 0 Å². The van der Waals surface area contributed by atoms with Gasteiger partial charge in [-0.25, -0.2) is 0 Å². The average Bonchev–Trinajstić information content (AvgIpc) is 2.44. The zero-order valence-corrected chi connectivity index (χ0v) is 16.7. The van der Waals surface area contributed by atoms with E-state index in [0.717, 1.165) is 30.4 Å². The van der Waals surface area contributed by atoms with Gasteiger partial charge in [-0.1, -0.05) is 51.5 Å². The highest BCUT2D eigenvalue weighted by molar-refractivity contribution is 5.53. The molecule has 0 bridgehead atoms. The van der Waals surface area contributed by atoms with Crippen molar-refractivity contribution in [2.24, 2.45) is 11.8 Å². The molecule has 1 aromatic rings. The molecule has 0 aliphatic heterocycles. The Morgan fingerprint density at radius 1 is 1.24 bits per heavy atom. The Kier molecular flexibility index (Phi) is 5.71. The summed E-state index contributed by atoms with van der Waals surface area (Å²) < 4.78 is 0. The molecule has 0 heterocycles. The molecule has 0 amide bonds. The highest BCUT2D eigenvalue weighted by Crippen LogP contribution is 2.47. The first-order chi connectivity index (χ1) is 11.5. The lowest BCUT2D eigenvalue weighted by molar-refractivity contribution is 0.382. The smallest absolute Gasteiger partial charge is 0.123 e. The minimum absolute atomic E-state index is 0.00601. The number of hydrogen-bond donors (Lipinski definition) is 2. The lowest BCUT2D eigenvalue weighted by atomic mass is 9.72. The Labute approximate surface area is 153 Å². The number of phenols is 2. The van der Waals surface area contributed by atoms with Crippen LogP contribution in [0.15, 0.2) is 35.9 Å². The lowest BCUT2D eigenvalue weighted by Crippen LogP contribution is -2.21. The summed E-state index contributed by atoms with van der Waals surface area (Å²) in [6, 6.07) is 3.70. The van der Waals surface area contributed by atoms with Crippen molar-refractivity contribution < 1.29 is 10.2 Å². The highest BCUT2D eigenvalue weighted by Gasteiger charge is 2.31. The van der Waals surface area contributed by atoms with E-state index < -0.39 is 0 Å². The van der Waals surface area contributed by atoms with Crippen LogP contribution in [0, 0.1) is 11.8 Å². The van der Waals surface area contributed by atoms with Crippen molar-refractivity contribution in [3.05, 3.63) is 47.1 Å². The highest BCUT2D eigenvalue weighted by atomic mass is 16.3. The molecule has 1 unspecified atom stereocenters. The van der Waals surface area contributed by atoms with Gasteiger partial charge in [0.05, 0.1) is 0 Å². The van der Waals surface area contributed by atoms with Gasteiger partial charge in [-0.3, -0.25) is 0 Å². The zero-order valence-electron chi connectivity index (χ0n) is 16.7. The second-order valence-electron chi connectivity index (χ2n) is 8.94. The summed E-state index contributed by atoms with van der Waals surface area (Å²) in [6.07, 6.45) is 5.26. The summed E-state index contributed by atoms with van der Waals surface area (Å²) in [5.74, 6) is 1.21. The third kappa shape index (κ3) is 4.29. The summed E-state index contributed by atoms with van der Waals surface area (Å²) >= 11 is 0. The van der Waals surface area contributed by atoms with Crippen molar-refractivity contribution in [1.82, 2.24) is 0 Å². The number of allylic oxidation sites excluding steroid dienone is 3. The first-order valence-corrected chi connectivity index (χ1v) is 9.42. The largest absolute Gasteiger partial charge is 0.507 e. The van der Waals surface area contributed by atoms with Gasteiger partial charge in [-0.15, -0.1) is 0 Å². The summed E-state index contributed by atoms with van der Waals surface area (Å²) in [5.41, 5.74) is 3.97. The van der Waals surface area contributed by atoms with Crippen LogP contribution >= 0.6 is 0 Å². The first kappa shape index (κ1) is 19.6. The van der Waals surface area contributed by atoms with Gasteiger partial charge < -0.3 is 10.2 Å². The van der Waals surface area contributed by atoms with Crippen molar-refractivity contribution in [3.63, 3.8) is 0 Å². The van der Waals surface area contributed by atoms with Crippen molar-refractivity contribution in [3.8, 4) is 11.5 Å². The van der Waals surface area contributed by atoms with E-state index in [2.05, 4.69) is 47.3 Å². The van der Waals surface area contributed by atoms with Crippen LogP contribution in [-0.4, -0.2) is 10.2 Å². The molecule has 0 saturated carbocycles. The maximum absolute atomic E-state index is 10.8. The molecule has 2 atom stereocenters. The molecule has 25 heavy (non-hydrogen) atoms. The molecule has 1 aliphatic rings. The molecule has 1 aliphatic carbocycles. The number of phenolic OH excluding ortho intramolecular Hbond substituents is 2. The average molecular weight is 343 g/mol. The van der Waals surface area contributed by atoms with Gasteiger partial charge in [0.1, 0.15) is 11.5 Å². The van der Waals surface area contributed by atoms with Gasteiger partial charge in [-0.05, 0) is 68.1 Å². The van der Waals surface area contributed by atoms with E-state index in [1.165, 1.54) is 5.57 Å². The fraction of sp³-hybridized carbons (Fsp3) is 0.565. The van der Waals surface area contributed by atoms with Gasteiger partial charge in [0.25, 0.3) is 0 Å². The summed E-state index contributed by atoms with van der Waals surface area (Å²) in [6.45, 7) is 17.0. The van der Waals surface area contributed by atoms with E-state index in [1.807, 2.05) is 19.1 Å². The number of hydrogen-bond acceptors (Lipinski definition) is 2. The molecule has 2 N–H and O–H groups in total. The molecule has 0 radical (unpaired) electrons. The quantitative estimate of drug-likeness (QED) is 0.605. The van der Waals surface area contributed by atoms with E-state index in [9.17, 15) is 10.2 Å². The van der Waals surface area contributed by atoms with Crippen LogP contribution in [0.3, 0.4) is 0 Å². The van der Waals surface area contributed by atoms with Crippen LogP contribution < -0.4 is 0 Å². The van der Waals surface area contributed by atoms with Gasteiger partial charge in [0, 0.05) is 11.5 Å². The maximum Gasteiger partial charge on any atom is 0.123 e. The third-order valence-electron chi connectivity index (χ3n) is 5.55. The fourth-order valence-electron chi connectivity index (χ4n) is 4.40. The molecular weight excluding hydrogens is 308 g/mol. The molecule has 1 aromatic carbocycles. The van der Waals surface area contributed by atoms with Crippen LogP contribution in [-0.2, 0) is 5.41 Å². The number of rotatable bonds is 5. The molecule has 138 valence electrons. The minimum Gasteiger partial charge on any atom is -0.507 e. The Bertz CT molecular complexity index is 656. The third-order valence-corrected chi connectivity index (χ3v) is 5.55. The molecule has 0 spiro atoms. The molecular formula is C23H34O2. The predicted molar refractivity (Wildman–Crippen MR) is 106 cm³/mol. The monoisotopic (exact) mass is 342 g/mol. The first-order valence-electron chi connectivity index (χ1n) is 9.42. The second kappa shape index (κ2) is 7.27. The maximum atomic E-state index is 10.8. The van der Waals surface area contributed by atoms with Crippen molar-refractivity contribution in [2.75, 3.05) is 0 Å².